The lowest BCUT2D eigenvalue weighted by Gasteiger charge is -2.16. The Morgan fingerprint density at radius 3 is 3.00 bits per heavy atom. The van der Waals surface area contributed by atoms with E-state index in [1.54, 1.807) is 12.5 Å². The molecule has 0 aliphatic rings. The zero-order valence-corrected chi connectivity index (χ0v) is 10.1. The van der Waals surface area contributed by atoms with Crippen LogP contribution in [-0.2, 0) is 6.54 Å². The molecule has 0 aliphatic carbocycles. The first-order valence-electron chi connectivity index (χ1n) is 5.59. The average Bonchev–Trinajstić information content (AvgIpc) is 2.75. The summed E-state index contributed by atoms with van der Waals surface area (Å²) in [6, 6.07) is 2.15. The van der Waals surface area contributed by atoms with Crippen molar-refractivity contribution in [2.24, 2.45) is 0 Å². The summed E-state index contributed by atoms with van der Waals surface area (Å²) in [4.78, 5) is 8.29. The van der Waals surface area contributed by atoms with E-state index in [1.165, 1.54) is 0 Å². The molecule has 1 unspecified atom stereocenters. The van der Waals surface area contributed by atoms with Crippen molar-refractivity contribution < 1.29 is 0 Å². The molecule has 3 N–H and O–H groups in total. The van der Waals surface area contributed by atoms with Crippen molar-refractivity contribution in [3.8, 4) is 0 Å². The number of nitrogens with two attached hydrogens (primary N) is 1. The summed E-state index contributed by atoms with van der Waals surface area (Å²) in [5.74, 6) is 0.739. The SMILES string of the molecule is Cc1cnc(NC(C)Cn2ccnc2)c(N)c1. The molecule has 1 atom stereocenters. The van der Waals surface area contributed by atoms with Crippen LogP contribution >= 0.6 is 0 Å². The largest absolute Gasteiger partial charge is 0.396 e. The molecule has 2 aromatic rings. The molecule has 90 valence electrons. The van der Waals surface area contributed by atoms with Gasteiger partial charge in [0, 0.05) is 31.2 Å². The van der Waals surface area contributed by atoms with Crippen LogP contribution < -0.4 is 11.1 Å². The Labute approximate surface area is 101 Å². The van der Waals surface area contributed by atoms with Crippen molar-refractivity contribution >= 4 is 11.5 Å². The Morgan fingerprint density at radius 1 is 1.53 bits per heavy atom. The minimum atomic E-state index is 0.238. The molecule has 2 heterocycles. The Kier molecular flexibility index (Phi) is 3.27. The number of rotatable bonds is 4. The van der Waals surface area contributed by atoms with E-state index in [4.69, 9.17) is 5.73 Å². The number of pyridine rings is 1. The molecule has 2 aromatic heterocycles. The van der Waals surface area contributed by atoms with E-state index in [-0.39, 0.29) is 6.04 Å². The van der Waals surface area contributed by atoms with Crippen LogP contribution in [0.3, 0.4) is 0 Å². The van der Waals surface area contributed by atoms with E-state index in [1.807, 2.05) is 30.0 Å². The number of aryl methyl sites for hydroxylation is 1. The summed E-state index contributed by atoms with van der Waals surface area (Å²) in [6.07, 6.45) is 7.31. The van der Waals surface area contributed by atoms with E-state index in [2.05, 4.69) is 22.2 Å². The molecule has 0 saturated carbocycles. The van der Waals surface area contributed by atoms with Gasteiger partial charge >= 0.3 is 0 Å². The summed E-state index contributed by atoms with van der Waals surface area (Å²) in [5, 5.41) is 3.29. The van der Waals surface area contributed by atoms with E-state index in [9.17, 15) is 0 Å². The van der Waals surface area contributed by atoms with Crippen molar-refractivity contribution in [3.63, 3.8) is 0 Å². The Balaban J connectivity index is 2.00. The number of hydrogen-bond donors (Lipinski definition) is 2. The monoisotopic (exact) mass is 231 g/mol. The van der Waals surface area contributed by atoms with Crippen molar-refractivity contribution in [2.45, 2.75) is 26.4 Å². The predicted octanol–water partition coefficient (Wildman–Crippen LogP) is 1.67. The van der Waals surface area contributed by atoms with Gasteiger partial charge in [-0.25, -0.2) is 9.97 Å². The minimum Gasteiger partial charge on any atom is -0.396 e. The fourth-order valence-corrected chi connectivity index (χ4v) is 1.70. The number of anilines is 2. The molecule has 0 amide bonds. The highest BCUT2D eigenvalue weighted by molar-refractivity contribution is 5.61. The molecule has 0 radical (unpaired) electrons. The first kappa shape index (κ1) is 11.4. The Hall–Kier alpha value is -2.04. The third kappa shape index (κ3) is 2.96. The Morgan fingerprint density at radius 2 is 2.35 bits per heavy atom. The van der Waals surface area contributed by atoms with Gasteiger partial charge in [-0.1, -0.05) is 0 Å². The van der Waals surface area contributed by atoms with Crippen LogP contribution in [0.15, 0.2) is 31.0 Å². The maximum Gasteiger partial charge on any atom is 0.149 e. The molecule has 5 nitrogen and oxygen atoms in total. The van der Waals surface area contributed by atoms with Crippen molar-refractivity contribution in [3.05, 3.63) is 36.5 Å². The molecule has 5 heteroatoms. The van der Waals surface area contributed by atoms with Crippen molar-refractivity contribution in [2.75, 3.05) is 11.1 Å². The second-order valence-corrected chi connectivity index (χ2v) is 4.26. The topological polar surface area (TPSA) is 68.8 Å². The smallest absolute Gasteiger partial charge is 0.149 e. The number of hydrogen-bond acceptors (Lipinski definition) is 4. The average molecular weight is 231 g/mol. The van der Waals surface area contributed by atoms with Crippen LogP contribution in [-0.4, -0.2) is 20.6 Å². The van der Waals surface area contributed by atoms with Gasteiger partial charge in [-0.15, -0.1) is 0 Å². The second-order valence-electron chi connectivity index (χ2n) is 4.26. The molecule has 0 fully saturated rings. The lowest BCUT2D eigenvalue weighted by molar-refractivity contribution is 0.617. The first-order chi connectivity index (χ1) is 8.15. The molecule has 0 aliphatic heterocycles. The standard InChI is InChI=1S/C12H17N5/c1-9-5-11(13)12(15-6-9)16-10(2)7-17-4-3-14-8-17/h3-6,8,10H,7,13H2,1-2H3,(H,15,16). The Bertz CT molecular complexity index is 478. The normalized spacial score (nSPS) is 12.4. The van der Waals surface area contributed by atoms with E-state index in [0.29, 0.717) is 5.69 Å². The highest BCUT2D eigenvalue weighted by Crippen LogP contribution is 2.16. The molecule has 0 spiro atoms. The first-order valence-corrected chi connectivity index (χ1v) is 5.59. The van der Waals surface area contributed by atoms with Crippen molar-refractivity contribution in [1.82, 2.24) is 14.5 Å². The van der Waals surface area contributed by atoms with Gasteiger partial charge in [0.25, 0.3) is 0 Å². The summed E-state index contributed by atoms with van der Waals surface area (Å²) in [6.45, 7) is 4.89. The highest BCUT2D eigenvalue weighted by atomic mass is 15.1. The summed E-state index contributed by atoms with van der Waals surface area (Å²) < 4.78 is 2.02. The number of nitrogen functional groups attached to an aromatic ring is 1. The van der Waals surface area contributed by atoms with Gasteiger partial charge < -0.3 is 15.6 Å². The summed E-state index contributed by atoms with van der Waals surface area (Å²) >= 11 is 0. The number of aromatic nitrogens is 3. The third-order valence-electron chi connectivity index (χ3n) is 2.48. The zero-order valence-electron chi connectivity index (χ0n) is 10.1. The van der Waals surface area contributed by atoms with Gasteiger partial charge in [-0.3, -0.25) is 0 Å². The lowest BCUT2D eigenvalue weighted by atomic mass is 10.2. The van der Waals surface area contributed by atoms with Gasteiger partial charge in [0.1, 0.15) is 5.82 Å². The number of imidazole rings is 1. The van der Waals surface area contributed by atoms with Crippen LogP contribution in [0.5, 0.6) is 0 Å². The molecule has 0 saturated heterocycles. The van der Waals surface area contributed by atoms with Gasteiger partial charge in [-0.2, -0.15) is 0 Å². The quantitative estimate of drug-likeness (QED) is 0.839. The maximum absolute atomic E-state index is 5.90. The fourth-order valence-electron chi connectivity index (χ4n) is 1.70. The number of nitrogens with one attached hydrogen (secondary N) is 1. The minimum absolute atomic E-state index is 0.238. The van der Waals surface area contributed by atoms with E-state index >= 15 is 0 Å². The van der Waals surface area contributed by atoms with Crippen LogP contribution in [0.1, 0.15) is 12.5 Å². The molecular weight excluding hydrogens is 214 g/mol. The predicted molar refractivity (Wildman–Crippen MR) is 68.7 cm³/mol. The number of nitrogens with zero attached hydrogens (tertiary/aromatic N) is 3. The zero-order chi connectivity index (χ0) is 12.3. The van der Waals surface area contributed by atoms with Gasteiger partial charge in [-0.05, 0) is 25.5 Å². The highest BCUT2D eigenvalue weighted by Gasteiger charge is 2.06. The van der Waals surface area contributed by atoms with Crippen LogP contribution in [0.4, 0.5) is 11.5 Å². The third-order valence-corrected chi connectivity index (χ3v) is 2.48. The summed E-state index contributed by atoms with van der Waals surface area (Å²) in [5.41, 5.74) is 7.65. The molecule has 0 bridgehead atoms. The van der Waals surface area contributed by atoms with Crippen LogP contribution in [0, 0.1) is 6.92 Å². The van der Waals surface area contributed by atoms with Crippen LogP contribution in [0.25, 0.3) is 0 Å². The summed E-state index contributed by atoms with van der Waals surface area (Å²) in [7, 11) is 0. The maximum atomic E-state index is 5.90. The van der Waals surface area contributed by atoms with Gasteiger partial charge in [0.15, 0.2) is 0 Å². The molecular formula is C12H17N5. The molecule has 17 heavy (non-hydrogen) atoms. The fraction of sp³-hybridized carbons (Fsp3) is 0.333. The molecule has 0 aromatic carbocycles. The molecule has 2 rings (SSSR count). The van der Waals surface area contributed by atoms with E-state index < -0.39 is 0 Å². The lowest BCUT2D eigenvalue weighted by Crippen LogP contribution is -2.22. The van der Waals surface area contributed by atoms with Crippen molar-refractivity contribution in [1.29, 1.82) is 0 Å². The van der Waals surface area contributed by atoms with Gasteiger partial charge in [0.2, 0.25) is 0 Å². The second kappa shape index (κ2) is 4.86. The van der Waals surface area contributed by atoms with Crippen LogP contribution in [0.2, 0.25) is 0 Å². The van der Waals surface area contributed by atoms with Gasteiger partial charge in [0.05, 0.1) is 12.0 Å². The van der Waals surface area contributed by atoms with E-state index in [0.717, 1.165) is 17.9 Å².